The number of hydrogen-bond donors (Lipinski definition) is 2. The van der Waals surface area contributed by atoms with Crippen LogP contribution in [0.15, 0.2) is 0 Å². The Bertz CT molecular complexity index is 106. The number of rotatable bonds is 5. The number of carbonyl (C=O) groups excluding carboxylic acids is 1. The second kappa shape index (κ2) is 5.74. The molecular formula is C7H15NOS. The van der Waals surface area contributed by atoms with Crippen molar-refractivity contribution < 1.29 is 4.79 Å². The van der Waals surface area contributed by atoms with Crippen molar-refractivity contribution in [2.24, 2.45) is 5.73 Å². The molecule has 0 amide bonds. The molecule has 3 heteroatoms. The zero-order valence-electron chi connectivity index (χ0n) is 6.34. The van der Waals surface area contributed by atoms with Gasteiger partial charge in [-0.25, -0.2) is 0 Å². The molecule has 2 nitrogen and oxygen atoms in total. The van der Waals surface area contributed by atoms with Gasteiger partial charge in [-0.05, 0) is 18.6 Å². The number of nitrogens with two attached hydrogens (primary N) is 1. The first-order valence-electron chi connectivity index (χ1n) is 3.61. The molecule has 0 aromatic rings. The molecule has 0 unspecified atom stereocenters. The first-order valence-corrected chi connectivity index (χ1v) is 4.24. The van der Waals surface area contributed by atoms with Crippen molar-refractivity contribution in [2.75, 3.05) is 5.75 Å². The van der Waals surface area contributed by atoms with E-state index in [1.807, 2.05) is 6.92 Å². The molecule has 0 heterocycles. The molecule has 60 valence electrons. The van der Waals surface area contributed by atoms with E-state index in [9.17, 15) is 4.79 Å². The van der Waals surface area contributed by atoms with E-state index in [2.05, 4.69) is 12.6 Å². The molecule has 0 saturated carbocycles. The van der Waals surface area contributed by atoms with Crippen LogP contribution in [0.3, 0.4) is 0 Å². The minimum absolute atomic E-state index is 0.163. The van der Waals surface area contributed by atoms with Crippen LogP contribution in [0, 0.1) is 0 Å². The van der Waals surface area contributed by atoms with Crippen molar-refractivity contribution in [1.82, 2.24) is 0 Å². The third-order valence-corrected chi connectivity index (χ3v) is 1.61. The van der Waals surface area contributed by atoms with Gasteiger partial charge in [0.15, 0.2) is 0 Å². The maximum Gasteiger partial charge on any atom is 0.149 e. The van der Waals surface area contributed by atoms with Crippen LogP contribution in [0.2, 0.25) is 0 Å². The normalized spacial score (nSPS) is 13.1. The van der Waals surface area contributed by atoms with Gasteiger partial charge in [-0.1, -0.05) is 6.92 Å². The Morgan fingerprint density at radius 2 is 2.30 bits per heavy atom. The summed E-state index contributed by atoms with van der Waals surface area (Å²) >= 11 is 3.99. The maximum atomic E-state index is 11.0. The molecule has 1 atom stereocenters. The molecule has 0 aliphatic rings. The number of ketones is 1. The second-order valence-electron chi connectivity index (χ2n) is 2.34. The first-order chi connectivity index (χ1) is 4.72. The smallest absolute Gasteiger partial charge is 0.149 e. The minimum Gasteiger partial charge on any atom is -0.321 e. The molecule has 2 N–H and O–H groups in total. The van der Waals surface area contributed by atoms with Crippen molar-refractivity contribution in [3.8, 4) is 0 Å². The van der Waals surface area contributed by atoms with Gasteiger partial charge in [0.25, 0.3) is 0 Å². The largest absolute Gasteiger partial charge is 0.321 e. The van der Waals surface area contributed by atoms with Crippen LogP contribution in [-0.4, -0.2) is 17.6 Å². The second-order valence-corrected chi connectivity index (χ2v) is 2.78. The predicted molar refractivity (Wildman–Crippen MR) is 46.4 cm³/mol. The molecule has 0 fully saturated rings. The standard InChI is InChI=1S/C7H15NOS/c1-2-3-7(9)6(8)4-5-10/h6,10H,2-5,8H2,1H3/t6-/m0/s1. The molecule has 0 rings (SSSR count). The van der Waals surface area contributed by atoms with Gasteiger partial charge in [-0.3, -0.25) is 4.79 Å². The lowest BCUT2D eigenvalue weighted by Gasteiger charge is -2.06. The fourth-order valence-corrected chi connectivity index (χ4v) is 1.01. The van der Waals surface area contributed by atoms with Gasteiger partial charge in [0, 0.05) is 6.42 Å². The molecule has 0 aromatic carbocycles. The highest BCUT2D eigenvalue weighted by molar-refractivity contribution is 7.80. The fraction of sp³-hybridized carbons (Fsp3) is 0.857. The number of hydrogen-bond acceptors (Lipinski definition) is 3. The number of carbonyl (C=O) groups is 1. The molecular weight excluding hydrogens is 146 g/mol. The summed E-state index contributed by atoms with van der Waals surface area (Å²) in [4.78, 5) is 11.0. The van der Waals surface area contributed by atoms with Crippen LogP contribution >= 0.6 is 12.6 Å². The van der Waals surface area contributed by atoms with Gasteiger partial charge >= 0.3 is 0 Å². The topological polar surface area (TPSA) is 43.1 Å². The Hall–Kier alpha value is -0.0200. The van der Waals surface area contributed by atoms with E-state index < -0.39 is 0 Å². The van der Waals surface area contributed by atoms with Crippen LogP contribution in [0.1, 0.15) is 26.2 Å². The van der Waals surface area contributed by atoms with Crippen LogP contribution in [-0.2, 0) is 4.79 Å². The molecule has 0 saturated heterocycles. The summed E-state index contributed by atoms with van der Waals surface area (Å²) in [5, 5.41) is 0. The van der Waals surface area contributed by atoms with Gasteiger partial charge < -0.3 is 5.73 Å². The Morgan fingerprint density at radius 1 is 1.70 bits per heavy atom. The van der Waals surface area contributed by atoms with E-state index in [4.69, 9.17) is 5.73 Å². The van der Waals surface area contributed by atoms with Crippen LogP contribution in [0.4, 0.5) is 0 Å². The van der Waals surface area contributed by atoms with Crippen molar-refractivity contribution in [2.45, 2.75) is 32.2 Å². The molecule has 0 radical (unpaired) electrons. The highest BCUT2D eigenvalue weighted by Crippen LogP contribution is 1.98. The van der Waals surface area contributed by atoms with E-state index in [1.54, 1.807) is 0 Å². The van der Waals surface area contributed by atoms with Crippen LogP contribution < -0.4 is 5.73 Å². The Kier molecular flexibility index (Phi) is 5.73. The van der Waals surface area contributed by atoms with Crippen molar-refractivity contribution in [3.05, 3.63) is 0 Å². The number of thiol groups is 1. The molecule has 10 heavy (non-hydrogen) atoms. The van der Waals surface area contributed by atoms with E-state index in [0.29, 0.717) is 18.6 Å². The lowest BCUT2D eigenvalue weighted by Crippen LogP contribution is -2.30. The highest BCUT2D eigenvalue weighted by Gasteiger charge is 2.09. The maximum absolute atomic E-state index is 11.0. The molecule has 0 aromatic heterocycles. The van der Waals surface area contributed by atoms with Crippen molar-refractivity contribution in [1.29, 1.82) is 0 Å². The van der Waals surface area contributed by atoms with Gasteiger partial charge in [-0.2, -0.15) is 12.6 Å². The summed E-state index contributed by atoms with van der Waals surface area (Å²) in [6.07, 6.45) is 2.19. The molecule has 0 aliphatic carbocycles. The SMILES string of the molecule is CCCC(=O)[C@@H](N)CCS. The fourth-order valence-electron chi connectivity index (χ4n) is 0.732. The van der Waals surface area contributed by atoms with Crippen molar-refractivity contribution in [3.63, 3.8) is 0 Å². The minimum atomic E-state index is -0.280. The van der Waals surface area contributed by atoms with Crippen molar-refractivity contribution >= 4 is 18.4 Å². The number of Topliss-reactive ketones (excluding diaryl/α,β-unsaturated/α-hetero) is 1. The summed E-state index contributed by atoms with van der Waals surface area (Å²) in [5.74, 6) is 0.855. The predicted octanol–water partition coefficient (Wildman–Crippen LogP) is 1.00. The van der Waals surface area contributed by atoms with Gasteiger partial charge in [-0.15, -0.1) is 0 Å². The summed E-state index contributed by atoms with van der Waals surface area (Å²) < 4.78 is 0. The quantitative estimate of drug-likeness (QED) is 0.591. The summed E-state index contributed by atoms with van der Waals surface area (Å²) in [6.45, 7) is 1.98. The van der Waals surface area contributed by atoms with E-state index >= 15 is 0 Å². The van der Waals surface area contributed by atoms with E-state index in [0.717, 1.165) is 6.42 Å². The van der Waals surface area contributed by atoms with Gasteiger partial charge in [0.1, 0.15) is 5.78 Å². The summed E-state index contributed by atoms with van der Waals surface area (Å²) in [6, 6.07) is -0.280. The molecule has 0 bridgehead atoms. The Labute approximate surface area is 67.6 Å². The summed E-state index contributed by atoms with van der Waals surface area (Å²) in [7, 11) is 0. The monoisotopic (exact) mass is 161 g/mol. The average molecular weight is 161 g/mol. The van der Waals surface area contributed by atoms with Crippen LogP contribution in [0.5, 0.6) is 0 Å². The zero-order chi connectivity index (χ0) is 7.98. The first kappa shape index (κ1) is 9.98. The molecule has 0 spiro atoms. The lowest BCUT2D eigenvalue weighted by molar-refractivity contribution is -0.120. The summed E-state index contributed by atoms with van der Waals surface area (Å²) in [5.41, 5.74) is 5.52. The average Bonchev–Trinajstić information content (AvgIpc) is 1.89. The third kappa shape index (κ3) is 3.90. The highest BCUT2D eigenvalue weighted by atomic mass is 32.1. The van der Waals surface area contributed by atoms with Crippen LogP contribution in [0.25, 0.3) is 0 Å². The van der Waals surface area contributed by atoms with E-state index in [1.165, 1.54) is 0 Å². The van der Waals surface area contributed by atoms with E-state index in [-0.39, 0.29) is 11.8 Å². The van der Waals surface area contributed by atoms with Gasteiger partial charge in [0.05, 0.1) is 6.04 Å². The van der Waals surface area contributed by atoms with Gasteiger partial charge in [0.2, 0.25) is 0 Å². The molecule has 0 aliphatic heterocycles. The zero-order valence-corrected chi connectivity index (χ0v) is 7.23. The Morgan fingerprint density at radius 3 is 2.70 bits per heavy atom. The Balaban J connectivity index is 3.49. The third-order valence-electron chi connectivity index (χ3n) is 1.35. The lowest BCUT2D eigenvalue weighted by atomic mass is 10.1.